The molecular weight excluding hydrogens is 373 g/mol. The highest BCUT2D eigenvalue weighted by Gasteiger charge is 2.35. The molecule has 2 heterocycles. The monoisotopic (exact) mass is 395 g/mol. The Hall–Kier alpha value is -3.22. The van der Waals surface area contributed by atoms with Crippen LogP contribution in [0.5, 0.6) is 5.75 Å². The van der Waals surface area contributed by atoms with Crippen molar-refractivity contribution in [2.24, 2.45) is 0 Å². The summed E-state index contributed by atoms with van der Waals surface area (Å²) in [6.07, 6.45) is 2.36. The quantitative estimate of drug-likeness (QED) is 0.548. The summed E-state index contributed by atoms with van der Waals surface area (Å²) in [6.45, 7) is 3.20. The second-order valence-electron chi connectivity index (χ2n) is 7.07. The largest absolute Gasteiger partial charge is 0.494 e. The van der Waals surface area contributed by atoms with Crippen LogP contribution in [-0.2, 0) is 4.79 Å². The molecule has 1 saturated heterocycles. The number of unbranched alkanes of at least 4 members (excludes halogenated alkanes) is 1. The van der Waals surface area contributed by atoms with Gasteiger partial charge in [-0.1, -0.05) is 24.6 Å². The first kappa shape index (κ1) is 19.1. The van der Waals surface area contributed by atoms with Crippen molar-refractivity contribution < 1.29 is 18.4 Å². The van der Waals surface area contributed by atoms with E-state index in [0.29, 0.717) is 30.6 Å². The molecule has 1 unspecified atom stereocenters. The maximum absolute atomic E-state index is 13.5. The molecule has 1 aliphatic heterocycles. The number of aromatic nitrogens is 2. The van der Waals surface area contributed by atoms with Gasteiger partial charge in [-0.2, -0.15) is 4.98 Å². The van der Waals surface area contributed by atoms with Crippen molar-refractivity contribution in [2.45, 2.75) is 32.1 Å². The Morgan fingerprint density at radius 2 is 2.07 bits per heavy atom. The Bertz CT molecular complexity index is 987. The third-order valence-electron chi connectivity index (χ3n) is 4.92. The predicted octanol–water partition coefficient (Wildman–Crippen LogP) is 4.58. The van der Waals surface area contributed by atoms with Gasteiger partial charge < -0.3 is 14.2 Å². The van der Waals surface area contributed by atoms with Crippen LogP contribution >= 0.6 is 0 Å². The molecule has 6 nitrogen and oxygen atoms in total. The van der Waals surface area contributed by atoms with Crippen LogP contribution in [-0.4, -0.2) is 29.2 Å². The average Bonchev–Trinajstić information content (AvgIpc) is 3.36. The second-order valence-corrected chi connectivity index (χ2v) is 7.07. The van der Waals surface area contributed by atoms with Gasteiger partial charge in [0.25, 0.3) is 0 Å². The molecule has 3 aromatic rings. The minimum Gasteiger partial charge on any atom is -0.494 e. The number of halogens is 1. The van der Waals surface area contributed by atoms with Gasteiger partial charge in [-0.05, 0) is 48.9 Å². The molecule has 1 fully saturated rings. The average molecular weight is 395 g/mol. The van der Waals surface area contributed by atoms with E-state index < -0.39 is 0 Å². The summed E-state index contributed by atoms with van der Waals surface area (Å²) in [7, 11) is 0. The molecule has 0 bridgehead atoms. The van der Waals surface area contributed by atoms with Crippen LogP contribution in [0.1, 0.15) is 38.0 Å². The zero-order valence-corrected chi connectivity index (χ0v) is 16.2. The molecule has 1 aromatic heterocycles. The van der Waals surface area contributed by atoms with E-state index in [-0.39, 0.29) is 24.1 Å². The van der Waals surface area contributed by atoms with Crippen LogP contribution in [0, 0.1) is 5.82 Å². The molecule has 1 atom stereocenters. The summed E-state index contributed by atoms with van der Waals surface area (Å²) >= 11 is 0. The molecule has 4 rings (SSSR count). The molecule has 150 valence electrons. The number of hydrogen-bond acceptors (Lipinski definition) is 5. The summed E-state index contributed by atoms with van der Waals surface area (Å²) in [5.74, 6) is 1.00. The van der Waals surface area contributed by atoms with Crippen LogP contribution in [0.15, 0.2) is 53.1 Å². The van der Waals surface area contributed by atoms with Crippen LogP contribution in [0.2, 0.25) is 0 Å². The third kappa shape index (κ3) is 4.29. The summed E-state index contributed by atoms with van der Waals surface area (Å²) in [4.78, 5) is 18.4. The summed E-state index contributed by atoms with van der Waals surface area (Å²) in [6, 6.07) is 13.5. The molecule has 2 aromatic carbocycles. The van der Waals surface area contributed by atoms with E-state index in [2.05, 4.69) is 17.1 Å². The van der Waals surface area contributed by atoms with Crippen LogP contribution in [0.3, 0.4) is 0 Å². The number of nitrogens with zero attached hydrogens (tertiary/aromatic N) is 3. The maximum Gasteiger partial charge on any atom is 0.232 e. The molecule has 0 radical (unpaired) electrons. The number of rotatable bonds is 7. The highest BCUT2D eigenvalue weighted by molar-refractivity contribution is 5.96. The smallest absolute Gasteiger partial charge is 0.232 e. The summed E-state index contributed by atoms with van der Waals surface area (Å²) < 4.78 is 24.6. The van der Waals surface area contributed by atoms with Gasteiger partial charge in [0.1, 0.15) is 11.6 Å². The topological polar surface area (TPSA) is 68.5 Å². The highest BCUT2D eigenvalue weighted by atomic mass is 19.1. The van der Waals surface area contributed by atoms with E-state index in [9.17, 15) is 9.18 Å². The van der Waals surface area contributed by atoms with Crippen LogP contribution < -0.4 is 9.64 Å². The Labute approximate surface area is 168 Å². The first-order chi connectivity index (χ1) is 14.1. The van der Waals surface area contributed by atoms with Gasteiger partial charge in [-0.15, -0.1) is 0 Å². The van der Waals surface area contributed by atoms with Crippen molar-refractivity contribution in [3.63, 3.8) is 0 Å². The molecule has 29 heavy (non-hydrogen) atoms. The number of amides is 1. The van der Waals surface area contributed by atoms with E-state index in [4.69, 9.17) is 9.26 Å². The van der Waals surface area contributed by atoms with Gasteiger partial charge in [-0.25, -0.2) is 4.39 Å². The predicted molar refractivity (Wildman–Crippen MR) is 106 cm³/mol. The lowest BCUT2D eigenvalue weighted by Gasteiger charge is -2.15. The molecule has 0 aliphatic carbocycles. The van der Waals surface area contributed by atoms with Gasteiger partial charge in [0.2, 0.25) is 17.6 Å². The lowest BCUT2D eigenvalue weighted by atomic mass is 10.1. The van der Waals surface area contributed by atoms with Gasteiger partial charge in [-0.3, -0.25) is 4.79 Å². The number of carbonyl (C=O) groups is 1. The van der Waals surface area contributed by atoms with Crippen molar-refractivity contribution in [1.82, 2.24) is 10.1 Å². The second kappa shape index (κ2) is 8.43. The minimum absolute atomic E-state index is 0.0890. The standard InChI is InChI=1S/C22H22FN3O3/c1-2-3-11-28-19-9-7-15(8-10-19)21-24-22(29-25-21)16-12-20(27)26(14-16)18-6-4-5-17(23)13-18/h4-10,13,16H,2-3,11-12,14H2,1H3. The summed E-state index contributed by atoms with van der Waals surface area (Å²) in [5, 5.41) is 4.06. The first-order valence-electron chi connectivity index (χ1n) is 9.77. The van der Waals surface area contributed by atoms with E-state index in [1.54, 1.807) is 17.0 Å². The van der Waals surface area contributed by atoms with Crippen molar-refractivity contribution in [2.75, 3.05) is 18.1 Å². The molecule has 7 heteroatoms. The highest BCUT2D eigenvalue weighted by Crippen LogP contribution is 2.32. The van der Waals surface area contributed by atoms with E-state index in [0.717, 1.165) is 24.2 Å². The number of hydrogen-bond donors (Lipinski definition) is 0. The Kier molecular flexibility index (Phi) is 5.55. The fraction of sp³-hybridized carbons (Fsp3) is 0.318. The Balaban J connectivity index is 1.44. The lowest BCUT2D eigenvalue weighted by Crippen LogP contribution is -2.24. The van der Waals surface area contributed by atoms with Crippen LogP contribution in [0.4, 0.5) is 10.1 Å². The maximum atomic E-state index is 13.5. The first-order valence-corrected chi connectivity index (χ1v) is 9.77. The van der Waals surface area contributed by atoms with Gasteiger partial charge in [0.15, 0.2) is 0 Å². The number of anilines is 1. The normalized spacial score (nSPS) is 16.4. The zero-order chi connectivity index (χ0) is 20.2. The molecule has 0 N–H and O–H groups in total. The molecule has 0 saturated carbocycles. The molecule has 0 spiro atoms. The minimum atomic E-state index is -0.374. The van der Waals surface area contributed by atoms with Crippen molar-refractivity contribution in [3.05, 3.63) is 60.2 Å². The fourth-order valence-corrected chi connectivity index (χ4v) is 3.32. The van der Waals surface area contributed by atoms with E-state index in [1.807, 2.05) is 24.3 Å². The molecule has 1 amide bonds. The van der Waals surface area contributed by atoms with Gasteiger partial charge in [0, 0.05) is 24.2 Å². The van der Waals surface area contributed by atoms with Gasteiger partial charge in [0.05, 0.1) is 12.5 Å². The fourth-order valence-electron chi connectivity index (χ4n) is 3.32. The zero-order valence-electron chi connectivity index (χ0n) is 16.2. The Morgan fingerprint density at radius 3 is 2.83 bits per heavy atom. The SMILES string of the molecule is CCCCOc1ccc(-c2noc(C3CC(=O)N(c4cccc(F)c4)C3)n2)cc1. The van der Waals surface area contributed by atoms with Crippen molar-refractivity contribution in [1.29, 1.82) is 0 Å². The Morgan fingerprint density at radius 1 is 1.24 bits per heavy atom. The summed E-state index contributed by atoms with van der Waals surface area (Å²) in [5.41, 5.74) is 1.35. The van der Waals surface area contributed by atoms with Gasteiger partial charge >= 0.3 is 0 Å². The van der Waals surface area contributed by atoms with E-state index >= 15 is 0 Å². The molecular formula is C22H22FN3O3. The van der Waals surface area contributed by atoms with Crippen LogP contribution in [0.25, 0.3) is 11.4 Å². The third-order valence-corrected chi connectivity index (χ3v) is 4.92. The van der Waals surface area contributed by atoms with E-state index in [1.165, 1.54) is 12.1 Å². The van der Waals surface area contributed by atoms with Crippen molar-refractivity contribution in [3.8, 4) is 17.1 Å². The van der Waals surface area contributed by atoms with Crippen molar-refractivity contribution >= 4 is 11.6 Å². The lowest BCUT2D eigenvalue weighted by molar-refractivity contribution is -0.117. The number of ether oxygens (including phenoxy) is 1. The molecule has 1 aliphatic rings. The number of benzene rings is 2. The number of carbonyl (C=O) groups excluding carboxylic acids is 1.